The van der Waals surface area contributed by atoms with Gasteiger partial charge in [-0.25, -0.2) is 4.98 Å². The lowest BCUT2D eigenvalue weighted by atomic mass is 10.2. The van der Waals surface area contributed by atoms with Crippen LogP contribution in [0.3, 0.4) is 0 Å². The molecule has 0 aliphatic rings. The molecule has 0 unspecified atom stereocenters. The van der Waals surface area contributed by atoms with Crippen LogP contribution >= 0.6 is 0 Å². The summed E-state index contributed by atoms with van der Waals surface area (Å²) in [7, 11) is 0. The molecule has 0 amide bonds. The molecule has 0 radical (unpaired) electrons. The van der Waals surface area contributed by atoms with Crippen LogP contribution in [-0.2, 0) is 13.0 Å². The molecule has 2 aromatic heterocycles. The Morgan fingerprint density at radius 1 is 1.00 bits per heavy atom. The molecule has 0 saturated carbocycles. The average molecular weight is 318 g/mol. The molecule has 2 heterocycles. The Bertz CT molecular complexity index is 1010. The van der Waals surface area contributed by atoms with E-state index in [2.05, 4.69) is 53.3 Å². The first kappa shape index (κ1) is 14.6. The highest BCUT2D eigenvalue weighted by Crippen LogP contribution is 2.24. The van der Waals surface area contributed by atoms with E-state index in [1.54, 1.807) is 0 Å². The molecular formula is C19H18N4O. The van der Waals surface area contributed by atoms with Gasteiger partial charge >= 0.3 is 0 Å². The van der Waals surface area contributed by atoms with E-state index in [4.69, 9.17) is 4.74 Å². The van der Waals surface area contributed by atoms with Gasteiger partial charge in [0.2, 0.25) is 5.65 Å². The summed E-state index contributed by atoms with van der Waals surface area (Å²) >= 11 is 0. The number of hydrogen-bond donors (Lipinski definition) is 0. The SMILES string of the molecule is CCc1nnc2c(OCc3ccc(C)cc3)nc3ccccc3n12. The Kier molecular flexibility index (Phi) is 3.61. The Morgan fingerprint density at radius 2 is 1.79 bits per heavy atom. The van der Waals surface area contributed by atoms with Crippen LogP contribution in [0.15, 0.2) is 48.5 Å². The van der Waals surface area contributed by atoms with Gasteiger partial charge in [-0.05, 0) is 24.6 Å². The second-order valence-electron chi connectivity index (χ2n) is 5.81. The quantitative estimate of drug-likeness (QED) is 0.575. The number of rotatable bonds is 4. The number of benzene rings is 2. The summed E-state index contributed by atoms with van der Waals surface area (Å²) in [5.41, 5.74) is 4.87. The summed E-state index contributed by atoms with van der Waals surface area (Å²) in [4.78, 5) is 4.64. The molecule has 4 aromatic rings. The maximum atomic E-state index is 5.98. The van der Waals surface area contributed by atoms with Gasteiger partial charge in [0, 0.05) is 6.42 Å². The van der Waals surface area contributed by atoms with E-state index in [1.807, 2.05) is 28.7 Å². The standard InChI is InChI=1S/C19H18N4O/c1-3-17-21-22-18-19(24-12-14-10-8-13(2)9-11-14)20-15-6-4-5-7-16(15)23(17)18/h4-11H,3,12H2,1-2H3. The third kappa shape index (κ3) is 2.48. The van der Waals surface area contributed by atoms with E-state index in [0.29, 0.717) is 18.1 Å². The normalized spacial score (nSPS) is 11.2. The van der Waals surface area contributed by atoms with Crippen LogP contribution in [0.5, 0.6) is 5.88 Å². The topological polar surface area (TPSA) is 52.3 Å². The molecule has 0 bridgehead atoms. The van der Waals surface area contributed by atoms with Crippen molar-refractivity contribution in [1.29, 1.82) is 0 Å². The van der Waals surface area contributed by atoms with Crippen molar-refractivity contribution < 1.29 is 4.74 Å². The average Bonchev–Trinajstić information content (AvgIpc) is 3.05. The van der Waals surface area contributed by atoms with Gasteiger partial charge in [0.05, 0.1) is 11.0 Å². The Balaban J connectivity index is 1.79. The monoisotopic (exact) mass is 318 g/mol. The number of fused-ring (bicyclic) bond motifs is 3. The van der Waals surface area contributed by atoms with Gasteiger partial charge in [-0.1, -0.05) is 48.9 Å². The van der Waals surface area contributed by atoms with Gasteiger partial charge in [0.15, 0.2) is 0 Å². The molecule has 5 nitrogen and oxygen atoms in total. The Morgan fingerprint density at radius 3 is 2.58 bits per heavy atom. The van der Waals surface area contributed by atoms with Crippen molar-refractivity contribution in [3.8, 4) is 5.88 Å². The molecule has 0 fully saturated rings. The number of aromatic nitrogens is 4. The highest BCUT2D eigenvalue weighted by atomic mass is 16.5. The third-order valence-electron chi connectivity index (χ3n) is 4.08. The van der Waals surface area contributed by atoms with Crippen LogP contribution in [0, 0.1) is 6.92 Å². The highest BCUT2D eigenvalue weighted by molar-refractivity contribution is 5.79. The maximum Gasteiger partial charge on any atom is 0.261 e. The predicted octanol–water partition coefficient (Wildman–Crippen LogP) is 3.73. The zero-order chi connectivity index (χ0) is 16.5. The molecule has 24 heavy (non-hydrogen) atoms. The molecule has 4 rings (SSSR count). The van der Waals surface area contributed by atoms with Crippen LogP contribution < -0.4 is 4.74 Å². The molecule has 120 valence electrons. The second-order valence-corrected chi connectivity index (χ2v) is 5.81. The molecule has 5 heteroatoms. The van der Waals surface area contributed by atoms with Crippen molar-refractivity contribution in [1.82, 2.24) is 19.6 Å². The fraction of sp³-hybridized carbons (Fsp3) is 0.211. The highest BCUT2D eigenvalue weighted by Gasteiger charge is 2.15. The molecular weight excluding hydrogens is 300 g/mol. The first-order chi connectivity index (χ1) is 11.8. The van der Waals surface area contributed by atoms with E-state index in [9.17, 15) is 0 Å². The lowest BCUT2D eigenvalue weighted by Crippen LogP contribution is -2.03. The molecule has 0 aliphatic carbocycles. The molecule has 0 N–H and O–H groups in total. The summed E-state index contributed by atoms with van der Waals surface area (Å²) in [5, 5.41) is 8.58. The second kappa shape index (κ2) is 5.92. The summed E-state index contributed by atoms with van der Waals surface area (Å²) in [5.74, 6) is 1.42. The van der Waals surface area contributed by atoms with Gasteiger partial charge in [-0.15, -0.1) is 10.2 Å². The van der Waals surface area contributed by atoms with Crippen LogP contribution in [0.2, 0.25) is 0 Å². The van der Waals surface area contributed by atoms with Gasteiger partial charge in [-0.3, -0.25) is 4.40 Å². The number of nitrogens with zero attached hydrogens (tertiary/aromatic N) is 4. The third-order valence-corrected chi connectivity index (χ3v) is 4.08. The summed E-state index contributed by atoms with van der Waals surface area (Å²) in [6.45, 7) is 4.59. The van der Waals surface area contributed by atoms with Gasteiger partial charge in [0.1, 0.15) is 12.4 Å². The zero-order valence-electron chi connectivity index (χ0n) is 13.7. The Labute approximate surface area is 139 Å². The van der Waals surface area contributed by atoms with Crippen molar-refractivity contribution in [2.45, 2.75) is 26.9 Å². The molecule has 2 aromatic carbocycles. The lowest BCUT2D eigenvalue weighted by Gasteiger charge is -2.09. The largest absolute Gasteiger partial charge is 0.470 e. The molecule has 0 saturated heterocycles. The van der Waals surface area contributed by atoms with Crippen molar-refractivity contribution in [2.75, 3.05) is 0 Å². The minimum absolute atomic E-state index is 0.454. The van der Waals surface area contributed by atoms with Crippen molar-refractivity contribution >= 4 is 16.7 Å². The smallest absolute Gasteiger partial charge is 0.261 e. The maximum absolute atomic E-state index is 5.98. The first-order valence-corrected chi connectivity index (χ1v) is 8.07. The van der Waals surface area contributed by atoms with Gasteiger partial charge in [0.25, 0.3) is 5.88 Å². The molecule has 0 aliphatic heterocycles. The molecule has 0 atom stereocenters. The van der Waals surface area contributed by atoms with E-state index < -0.39 is 0 Å². The van der Waals surface area contributed by atoms with Gasteiger partial charge in [-0.2, -0.15) is 0 Å². The van der Waals surface area contributed by atoms with Crippen LogP contribution in [0.1, 0.15) is 23.9 Å². The van der Waals surface area contributed by atoms with Crippen molar-refractivity contribution in [3.05, 3.63) is 65.5 Å². The van der Waals surface area contributed by atoms with Gasteiger partial charge < -0.3 is 4.74 Å². The minimum atomic E-state index is 0.454. The minimum Gasteiger partial charge on any atom is -0.470 e. The number of hydrogen-bond acceptors (Lipinski definition) is 4. The number of ether oxygens (including phenoxy) is 1. The van der Waals surface area contributed by atoms with Crippen LogP contribution in [0.25, 0.3) is 16.7 Å². The van der Waals surface area contributed by atoms with Crippen LogP contribution in [-0.4, -0.2) is 19.6 Å². The fourth-order valence-electron chi connectivity index (χ4n) is 2.78. The van der Waals surface area contributed by atoms with E-state index in [-0.39, 0.29) is 0 Å². The van der Waals surface area contributed by atoms with Crippen molar-refractivity contribution in [2.24, 2.45) is 0 Å². The zero-order valence-corrected chi connectivity index (χ0v) is 13.7. The van der Waals surface area contributed by atoms with Crippen molar-refractivity contribution in [3.63, 3.8) is 0 Å². The number of para-hydroxylation sites is 2. The van der Waals surface area contributed by atoms with E-state index >= 15 is 0 Å². The lowest BCUT2D eigenvalue weighted by molar-refractivity contribution is 0.297. The fourth-order valence-corrected chi connectivity index (χ4v) is 2.78. The molecule has 0 spiro atoms. The summed E-state index contributed by atoms with van der Waals surface area (Å²) in [6, 6.07) is 16.3. The van der Waals surface area contributed by atoms with E-state index in [0.717, 1.165) is 28.8 Å². The number of aryl methyl sites for hydroxylation is 2. The Hall–Kier alpha value is -2.95. The first-order valence-electron chi connectivity index (χ1n) is 8.07. The van der Waals surface area contributed by atoms with Crippen LogP contribution in [0.4, 0.5) is 0 Å². The predicted molar refractivity (Wildman–Crippen MR) is 93.2 cm³/mol. The summed E-state index contributed by atoms with van der Waals surface area (Å²) in [6.07, 6.45) is 0.798. The summed E-state index contributed by atoms with van der Waals surface area (Å²) < 4.78 is 8.01. The van der Waals surface area contributed by atoms with E-state index in [1.165, 1.54) is 5.56 Å².